The molecule has 0 aromatic carbocycles. The monoisotopic (exact) mass is 247 g/mol. The third-order valence-corrected chi connectivity index (χ3v) is 2.26. The molecule has 18 heavy (non-hydrogen) atoms. The molecular weight excluding hydrogens is 218 g/mol. The minimum absolute atomic E-state index is 0.359. The van der Waals surface area contributed by atoms with Gasteiger partial charge in [-0.2, -0.15) is 0 Å². The summed E-state index contributed by atoms with van der Waals surface area (Å²) < 4.78 is 0. The fraction of sp³-hybridized carbons (Fsp3) is 0.471. The predicted molar refractivity (Wildman–Crippen MR) is 86.1 cm³/mol. The number of nitrogens with zero attached hydrogens (tertiary/aromatic N) is 1. The smallest absolute Gasteiger partial charge is 0.0724 e. The summed E-state index contributed by atoms with van der Waals surface area (Å²) in [5.74, 6) is 0.359. The van der Waals surface area contributed by atoms with Crippen molar-refractivity contribution in [2.75, 3.05) is 0 Å². The van der Waals surface area contributed by atoms with Crippen molar-refractivity contribution in [3.05, 3.63) is 48.2 Å². The van der Waals surface area contributed by atoms with Crippen molar-refractivity contribution in [3.8, 4) is 0 Å². The molecule has 0 amide bonds. The Labute approximate surface area is 114 Å². The van der Waals surface area contributed by atoms with Crippen molar-refractivity contribution in [1.29, 1.82) is 0 Å². The van der Waals surface area contributed by atoms with Crippen LogP contribution in [0.4, 0.5) is 0 Å². The van der Waals surface area contributed by atoms with Crippen molar-refractivity contribution in [2.24, 2.45) is 10.9 Å². The zero-order valence-corrected chi connectivity index (χ0v) is 13.2. The van der Waals surface area contributed by atoms with Gasteiger partial charge in [0.25, 0.3) is 0 Å². The van der Waals surface area contributed by atoms with Crippen molar-refractivity contribution >= 4 is 5.71 Å². The molecule has 0 aromatic rings. The van der Waals surface area contributed by atoms with E-state index in [9.17, 15) is 0 Å². The molecule has 0 spiro atoms. The van der Waals surface area contributed by atoms with Gasteiger partial charge in [0.15, 0.2) is 0 Å². The highest BCUT2D eigenvalue weighted by Crippen LogP contribution is 2.15. The fourth-order valence-corrected chi connectivity index (χ4v) is 1.17. The molecule has 0 N–H and O–H groups in total. The molecule has 0 fully saturated rings. The van der Waals surface area contributed by atoms with Crippen molar-refractivity contribution in [1.82, 2.24) is 0 Å². The molecule has 0 saturated carbocycles. The molecule has 0 atom stereocenters. The van der Waals surface area contributed by atoms with Crippen LogP contribution in [0, 0.1) is 5.92 Å². The molecular formula is C17H29N. The van der Waals surface area contributed by atoms with E-state index < -0.39 is 0 Å². The van der Waals surface area contributed by atoms with E-state index in [0.717, 1.165) is 22.6 Å². The molecule has 0 heterocycles. The average molecular weight is 247 g/mol. The number of hydrogen-bond acceptors (Lipinski definition) is 1. The van der Waals surface area contributed by atoms with Gasteiger partial charge in [-0.1, -0.05) is 59.1 Å². The Hall–Kier alpha value is -1.37. The minimum atomic E-state index is 0.359. The van der Waals surface area contributed by atoms with Crippen LogP contribution in [0.25, 0.3) is 0 Å². The molecule has 0 aliphatic carbocycles. The summed E-state index contributed by atoms with van der Waals surface area (Å²) in [6.45, 7) is 22.1. The van der Waals surface area contributed by atoms with Crippen molar-refractivity contribution in [3.63, 3.8) is 0 Å². The van der Waals surface area contributed by atoms with Crippen LogP contribution < -0.4 is 0 Å². The lowest BCUT2D eigenvalue weighted by molar-refractivity contribution is 0.762. The SMILES string of the molecule is C=C(C)C(=NC(=C)C(C)C)C(/C=C\C)=C/C.CC. The van der Waals surface area contributed by atoms with Crippen LogP contribution in [0.2, 0.25) is 0 Å². The highest BCUT2D eigenvalue weighted by Gasteiger charge is 2.06. The number of allylic oxidation sites excluding steroid dienone is 6. The lowest BCUT2D eigenvalue weighted by atomic mass is 10.0. The quantitative estimate of drug-likeness (QED) is 0.435. The van der Waals surface area contributed by atoms with Crippen LogP contribution in [0.1, 0.15) is 48.5 Å². The second-order valence-corrected chi connectivity index (χ2v) is 4.13. The molecule has 1 nitrogen and oxygen atoms in total. The zero-order valence-electron chi connectivity index (χ0n) is 13.2. The van der Waals surface area contributed by atoms with E-state index >= 15 is 0 Å². The van der Waals surface area contributed by atoms with Crippen LogP contribution >= 0.6 is 0 Å². The minimum Gasteiger partial charge on any atom is -0.253 e. The van der Waals surface area contributed by atoms with Crippen LogP contribution in [0.15, 0.2) is 53.2 Å². The van der Waals surface area contributed by atoms with Gasteiger partial charge in [-0.3, -0.25) is 4.99 Å². The third kappa shape index (κ3) is 7.05. The van der Waals surface area contributed by atoms with Gasteiger partial charge in [0.2, 0.25) is 0 Å². The molecule has 0 bridgehead atoms. The first-order chi connectivity index (χ1) is 8.43. The first-order valence-corrected chi connectivity index (χ1v) is 6.66. The topological polar surface area (TPSA) is 12.4 Å². The van der Waals surface area contributed by atoms with Crippen LogP contribution in [0.3, 0.4) is 0 Å². The maximum absolute atomic E-state index is 4.57. The molecule has 0 aliphatic rings. The standard InChI is InChI=1S/C15H23N.C2H6/c1-8-10-14(9-2)15(12(5)6)16-13(7)11(3)4;1-2/h8-11H,5,7H2,1-4,6H3;1-2H3/b10-8-,14-9+,16-15?;. The Morgan fingerprint density at radius 1 is 1.11 bits per heavy atom. The average Bonchev–Trinajstić information content (AvgIpc) is 2.35. The number of aliphatic imine (C=N–C) groups is 1. The zero-order chi connectivity index (χ0) is 14.7. The van der Waals surface area contributed by atoms with Gasteiger partial charge >= 0.3 is 0 Å². The predicted octanol–water partition coefficient (Wildman–Crippen LogP) is 5.72. The highest BCUT2D eigenvalue weighted by molar-refractivity contribution is 6.13. The van der Waals surface area contributed by atoms with Crippen LogP contribution in [0.5, 0.6) is 0 Å². The second-order valence-electron chi connectivity index (χ2n) is 4.13. The van der Waals surface area contributed by atoms with E-state index in [1.54, 1.807) is 0 Å². The molecule has 0 saturated heterocycles. The Balaban J connectivity index is 0. The van der Waals surface area contributed by atoms with E-state index in [1.165, 1.54) is 0 Å². The molecule has 0 unspecified atom stereocenters. The van der Waals surface area contributed by atoms with Gasteiger partial charge < -0.3 is 0 Å². The van der Waals surface area contributed by atoms with Gasteiger partial charge in [-0.25, -0.2) is 0 Å². The lowest BCUT2D eigenvalue weighted by Crippen LogP contribution is -2.04. The summed E-state index contributed by atoms with van der Waals surface area (Å²) in [6, 6.07) is 0. The van der Waals surface area contributed by atoms with Gasteiger partial charge in [-0.15, -0.1) is 0 Å². The van der Waals surface area contributed by atoms with E-state index in [4.69, 9.17) is 0 Å². The van der Waals surface area contributed by atoms with Gasteiger partial charge in [0.05, 0.1) is 5.71 Å². The summed E-state index contributed by atoms with van der Waals surface area (Å²) in [5, 5.41) is 0. The Kier molecular flexibility index (Phi) is 11.3. The summed E-state index contributed by atoms with van der Waals surface area (Å²) >= 11 is 0. The van der Waals surface area contributed by atoms with Crippen molar-refractivity contribution < 1.29 is 0 Å². The van der Waals surface area contributed by atoms with E-state index in [2.05, 4.69) is 32.0 Å². The van der Waals surface area contributed by atoms with Crippen molar-refractivity contribution in [2.45, 2.75) is 48.5 Å². The summed E-state index contributed by atoms with van der Waals surface area (Å²) in [7, 11) is 0. The fourth-order valence-electron chi connectivity index (χ4n) is 1.17. The largest absolute Gasteiger partial charge is 0.253 e. The summed E-state index contributed by atoms with van der Waals surface area (Å²) in [4.78, 5) is 4.57. The molecule has 0 aromatic heterocycles. The highest BCUT2D eigenvalue weighted by atomic mass is 14.8. The maximum Gasteiger partial charge on any atom is 0.0724 e. The first-order valence-electron chi connectivity index (χ1n) is 6.66. The Morgan fingerprint density at radius 2 is 1.61 bits per heavy atom. The first kappa shape index (κ1) is 19.0. The van der Waals surface area contributed by atoms with Crippen LogP contribution in [-0.4, -0.2) is 5.71 Å². The third-order valence-electron chi connectivity index (χ3n) is 2.26. The normalized spacial score (nSPS) is 12.4. The molecule has 102 valence electrons. The van der Waals surface area contributed by atoms with E-state index in [-0.39, 0.29) is 0 Å². The van der Waals surface area contributed by atoms with Gasteiger partial charge in [-0.05, 0) is 37.8 Å². The maximum atomic E-state index is 4.57. The summed E-state index contributed by atoms with van der Waals surface area (Å²) in [6.07, 6.45) is 6.09. The second kappa shape index (κ2) is 10.8. The molecule has 0 rings (SSSR count). The van der Waals surface area contributed by atoms with Crippen LogP contribution in [-0.2, 0) is 0 Å². The molecule has 0 aliphatic heterocycles. The number of hydrogen-bond donors (Lipinski definition) is 0. The van der Waals surface area contributed by atoms with E-state index in [1.807, 2.05) is 52.8 Å². The Morgan fingerprint density at radius 3 is 1.89 bits per heavy atom. The Bertz CT molecular complexity index is 352. The van der Waals surface area contributed by atoms with Gasteiger partial charge in [0.1, 0.15) is 0 Å². The van der Waals surface area contributed by atoms with E-state index in [0.29, 0.717) is 5.92 Å². The molecule has 1 heteroatoms. The molecule has 0 radical (unpaired) electrons. The summed E-state index contributed by atoms with van der Waals surface area (Å²) in [5.41, 5.74) is 3.88. The number of rotatable bonds is 5. The van der Waals surface area contributed by atoms with Gasteiger partial charge in [0, 0.05) is 5.70 Å². The lowest BCUT2D eigenvalue weighted by Gasteiger charge is -2.10.